The number of halogens is 2. The molecule has 0 bridgehead atoms. The van der Waals surface area contributed by atoms with E-state index in [4.69, 9.17) is 23.2 Å². The van der Waals surface area contributed by atoms with Gasteiger partial charge in [0.25, 0.3) is 21.8 Å². The van der Waals surface area contributed by atoms with Gasteiger partial charge in [-0.1, -0.05) is 29.3 Å². The molecule has 2 N–H and O–H groups in total. The molecule has 2 amide bonds. The molecular formula is C20H14Cl2N4O4S2. The van der Waals surface area contributed by atoms with Crippen molar-refractivity contribution in [2.24, 2.45) is 0 Å². The standard InChI is InChI=1S/C20H14Cl2N4O4S2/c1-11-2-5-13(10-15(11)21)26-18(27)16(22)17(19(26)28)24-12-3-6-14(7-4-12)32(29,30)25-20-23-8-9-31-20/h2-10,24H,1H3,(H,23,25). The monoisotopic (exact) mass is 508 g/mol. The van der Waals surface area contributed by atoms with Gasteiger partial charge in [-0.15, -0.1) is 11.3 Å². The third-order valence-corrected chi connectivity index (χ3v) is 7.46. The smallest absolute Gasteiger partial charge is 0.283 e. The van der Waals surface area contributed by atoms with E-state index in [1.165, 1.54) is 36.5 Å². The van der Waals surface area contributed by atoms with Crippen molar-refractivity contribution in [1.29, 1.82) is 0 Å². The summed E-state index contributed by atoms with van der Waals surface area (Å²) < 4.78 is 27.3. The van der Waals surface area contributed by atoms with Crippen molar-refractivity contribution in [3.8, 4) is 0 Å². The van der Waals surface area contributed by atoms with Crippen LogP contribution in [-0.4, -0.2) is 25.2 Å². The van der Waals surface area contributed by atoms with Crippen LogP contribution < -0.4 is 14.9 Å². The Hall–Kier alpha value is -2.92. The second-order valence-electron chi connectivity index (χ2n) is 6.66. The molecule has 0 radical (unpaired) electrons. The molecule has 0 unspecified atom stereocenters. The highest BCUT2D eigenvalue weighted by Gasteiger charge is 2.39. The van der Waals surface area contributed by atoms with E-state index in [0.29, 0.717) is 16.4 Å². The summed E-state index contributed by atoms with van der Waals surface area (Å²) in [5.74, 6) is -1.34. The number of amides is 2. The van der Waals surface area contributed by atoms with Crippen LogP contribution in [0.2, 0.25) is 5.02 Å². The third kappa shape index (κ3) is 4.22. The highest BCUT2D eigenvalue weighted by atomic mass is 35.5. The number of sulfonamides is 1. The minimum Gasteiger partial charge on any atom is -0.350 e. The SMILES string of the molecule is Cc1ccc(N2C(=O)C(Cl)=C(Nc3ccc(S(=O)(=O)Nc4nccs4)cc3)C2=O)cc1Cl. The Balaban J connectivity index is 1.54. The van der Waals surface area contributed by atoms with E-state index in [2.05, 4.69) is 15.0 Å². The average Bonchev–Trinajstić information content (AvgIpc) is 3.33. The van der Waals surface area contributed by atoms with Crippen LogP contribution in [0.3, 0.4) is 0 Å². The number of hydrogen-bond donors (Lipinski definition) is 2. The van der Waals surface area contributed by atoms with E-state index in [0.717, 1.165) is 21.8 Å². The molecule has 4 rings (SSSR count). The van der Waals surface area contributed by atoms with E-state index >= 15 is 0 Å². The molecule has 164 valence electrons. The number of imide groups is 1. The summed E-state index contributed by atoms with van der Waals surface area (Å²) >= 11 is 13.4. The van der Waals surface area contributed by atoms with Crippen LogP contribution in [0, 0.1) is 6.92 Å². The first-order valence-corrected chi connectivity index (χ1v) is 12.1. The minimum atomic E-state index is -3.82. The summed E-state index contributed by atoms with van der Waals surface area (Å²) in [5, 5.41) is 4.82. The molecule has 32 heavy (non-hydrogen) atoms. The van der Waals surface area contributed by atoms with Crippen molar-refractivity contribution in [2.75, 3.05) is 14.9 Å². The fraction of sp³-hybridized carbons (Fsp3) is 0.0500. The van der Waals surface area contributed by atoms with E-state index in [1.807, 2.05) is 0 Å². The number of carbonyl (C=O) groups is 2. The zero-order valence-corrected chi connectivity index (χ0v) is 19.4. The Morgan fingerprint density at radius 2 is 1.75 bits per heavy atom. The molecule has 0 atom stereocenters. The van der Waals surface area contributed by atoms with Gasteiger partial charge < -0.3 is 5.32 Å². The molecule has 0 saturated carbocycles. The number of hydrogen-bond acceptors (Lipinski definition) is 7. The molecule has 0 aliphatic carbocycles. The summed E-state index contributed by atoms with van der Waals surface area (Å²) in [7, 11) is -3.82. The quantitative estimate of drug-likeness (QED) is 0.479. The average molecular weight is 509 g/mol. The summed E-state index contributed by atoms with van der Waals surface area (Å²) in [4.78, 5) is 30.3. The van der Waals surface area contributed by atoms with E-state index in [1.54, 1.807) is 24.4 Å². The first-order valence-electron chi connectivity index (χ1n) is 9.01. The van der Waals surface area contributed by atoms with Gasteiger partial charge in [0.15, 0.2) is 5.13 Å². The van der Waals surface area contributed by atoms with Gasteiger partial charge in [0.1, 0.15) is 10.7 Å². The zero-order valence-electron chi connectivity index (χ0n) is 16.3. The Kier molecular flexibility index (Phi) is 5.95. The highest BCUT2D eigenvalue weighted by Crippen LogP contribution is 2.32. The van der Waals surface area contributed by atoms with Crippen molar-refractivity contribution >= 4 is 72.9 Å². The second-order valence-corrected chi connectivity index (χ2v) is 10.0. The number of benzene rings is 2. The van der Waals surface area contributed by atoms with Crippen molar-refractivity contribution in [1.82, 2.24) is 4.98 Å². The lowest BCUT2D eigenvalue weighted by Gasteiger charge is -2.16. The van der Waals surface area contributed by atoms with Gasteiger partial charge >= 0.3 is 0 Å². The van der Waals surface area contributed by atoms with E-state index < -0.39 is 21.8 Å². The highest BCUT2D eigenvalue weighted by molar-refractivity contribution is 7.93. The number of thiazole rings is 1. The molecule has 1 aromatic heterocycles. The number of nitrogens with zero attached hydrogens (tertiary/aromatic N) is 2. The van der Waals surface area contributed by atoms with Crippen LogP contribution in [0.4, 0.5) is 16.5 Å². The maximum atomic E-state index is 12.9. The lowest BCUT2D eigenvalue weighted by atomic mass is 10.2. The van der Waals surface area contributed by atoms with Crippen LogP contribution in [0.25, 0.3) is 0 Å². The molecule has 3 aromatic rings. The molecule has 0 spiro atoms. The Morgan fingerprint density at radius 1 is 1.03 bits per heavy atom. The molecule has 8 nitrogen and oxygen atoms in total. The van der Waals surface area contributed by atoms with Gasteiger partial charge in [-0.2, -0.15) is 0 Å². The Morgan fingerprint density at radius 3 is 2.38 bits per heavy atom. The largest absolute Gasteiger partial charge is 0.350 e. The molecule has 0 fully saturated rings. The maximum Gasteiger partial charge on any atom is 0.283 e. The second kappa shape index (κ2) is 8.55. The van der Waals surface area contributed by atoms with Crippen LogP contribution in [0.15, 0.2) is 69.7 Å². The lowest BCUT2D eigenvalue weighted by Crippen LogP contribution is -2.32. The van der Waals surface area contributed by atoms with Crippen molar-refractivity contribution in [2.45, 2.75) is 11.8 Å². The number of carbonyl (C=O) groups excluding carboxylic acids is 2. The summed E-state index contributed by atoms with van der Waals surface area (Å²) in [5.41, 5.74) is 1.34. The minimum absolute atomic E-state index is 0.00285. The van der Waals surface area contributed by atoms with Crippen LogP contribution in [-0.2, 0) is 19.6 Å². The van der Waals surface area contributed by atoms with Gasteiger partial charge in [-0.25, -0.2) is 18.3 Å². The number of aromatic nitrogens is 1. The van der Waals surface area contributed by atoms with Gasteiger partial charge in [0.05, 0.1) is 10.6 Å². The molecular weight excluding hydrogens is 495 g/mol. The van der Waals surface area contributed by atoms with Crippen LogP contribution in [0.5, 0.6) is 0 Å². The normalized spacial score (nSPS) is 14.3. The molecule has 1 aliphatic rings. The van der Waals surface area contributed by atoms with Gasteiger partial charge in [-0.05, 0) is 48.9 Å². The number of aryl methyl sites for hydroxylation is 1. The van der Waals surface area contributed by atoms with Gasteiger partial charge in [-0.3, -0.25) is 14.3 Å². The third-order valence-electron chi connectivity index (χ3n) is 4.53. The molecule has 1 aliphatic heterocycles. The lowest BCUT2D eigenvalue weighted by molar-refractivity contribution is -0.120. The Bertz CT molecular complexity index is 1350. The first-order chi connectivity index (χ1) is 15.2. The first kappa shape index (κ1) is 22.3. The van der Waals surface area contributed by atoms with E-state index in [9.17, 15) is 18.0 Å². The van der Waals surface area contributed by atoms with Crippen molar-refractivity contribution in [3.63, 3.8) is 0 Å². The van der Waals surface area contributed by atoms with Gasteiger partial charge in [0.2, 0.25) is 0 Å². The Labute approximate surface area is 197 Å². The molecule has 0 saturated heterocycles. The van der Waals surface area contributed by atoms with E-state index in [-0.39, 0.29) is 20.8 Å². The molecule has 2 heterocycles. The maximum absolute atomic E-state index is 12.9. The number of nitrogens with one attached hydrogen (secondary N) is 2. The van der Waals surface area contributed by atoms with Gasteiger partial charge in [0, 0.05) is 22.3 Å². The zero-order chi connectivity index (χ0) is 23.0. The fourth-order valence-corrected chi connectivity index (χ4v) is 5.05. The van der Waals surface area contributed by atoms with Crippen molar-refractivity contribution < 1.29 is 18.0 Å². The topological polar surface area (TPSA) is 108 Å². The predicted molar refractivity (Wildman–Crippen MR) is 125 cm³/mol. The summed E-state index contributed by atoms with van der Waals surface area (Å²) in [6.45, 7) is 1.80. The molecule has 12 heteroatoms. The van der Waals surface area contributed by atoms with Crippen LogP contribution in [0.1, 0.15) is 5.56 Å². The predicted octanol–water partition coefficient (Wildman–Crippen LogP) is 4.34. The summed E-state index contributed by atoms with van der Waals surface area (Å²) in [6, 6.07) is 10.4. The van der Waals surface area contributed by atoms with Crippen LogP contribution >= 0.6 is 34.5 Å². The van der Waals surface area contributed by atoms with Crippen molar-refractivity contribution in [3.05, 3.63) is 75.4 Å². The molecule has 2 aromatic carbocycles. The summed E-state index contributed by atoms with van der Waals surface area (Å²) in [6.07, 6.45) is 1.49. The number of anilines is 3. The fourth-order valence-electron chi connectivity index (χ4n) is 2.88. The number of rotatable bonds is 6.